The van der Waals surface area contributed by atoms with Gasteiger partial charge in [-0.2, -0.15) is 0 Å². The standard InChI is InChI=1S/C5H13ClGe/c1-5(2,3)7(4)6/h7H,1-4H3. The maximum absolute atomic E-state index is 5.94. The van der Waals surface area contributed by atoms with Crippen molar-refractivity contribution < 1.29 is 0 Å². The van der Waals surface area contributed by atoms with Crippen LogP contribution in [0.4, 0.5) is 0 Å². The summed E-state index contributed by atoms with van der Waals surface area (Å²) in [6.45, 7) is 6.64. The van der Waals surface area contributed by atoms with Gasteiger partial charge in [-0.1, -0.05) is 0 Å². The quantitative estimate of drug-likeness (QED) is 0.503. The number of halogens is 1. The fraction of sp³-hybridized carbons (Fsp3) is 1.00. The van der Waals surface area contributed by atoms with E-state index in [0.29, 0.717) is 4.25 Å². The predicted molar refractivity (Wildman–Crippen MR) is 38.6 cm³/mol. The molecule has 0 heterocycles. The van der Waals surface area contributed by atoms with E-state index in [1.165, 1.54) is 0 Å². The van der Waals surface area contributed by atoms with Gasteiger partial charge in [0, 0.05) is 0 Å². The monoisotopic (exact) mass is 182 g/mol. The van der Waals surface area contributed by atoms with Crippen molar-refractivity contribution in [2.45, 2.75) is 30.8 Å². The van der Waals surface area contributed by atoms with E-state index in [0.717, 1.165) is 0 Å². The Morgan fingerprint density at radius 3 is 1.43 bits per heavy atom. The molecule has 1 unspecified atom stereocenters. The molecule has 0 aliphatic rings. The Balaban J connectivity index is 3.54. The van der Waals surface area contributed by atoms with Gasteiger partial charge in [-0.05, 0) is 0 Å². The van der Waals surface area contributed by atoms with Crippen LogP contribution in [0, 0.1) is 0 Å². The fourth-order valence-corrected chi connectivity index (χ4v) is 0. The van der Waals surface area contributed by atoms with Crippen LogP contribution < -0.4 is 0 Å². The van der Waals surface area contributed by atoms with Gasteiger partial charge in [0.25, 0.3) is 0 Å². The molecular formula is C5H13ClGe. The van der Waals surface area contributed by atoms with Crippen molar-refractivity contribution in [3.05, 3.63) is 0 Å². The summed E-state index contributed by atoms with van der Waals surface area (Å²) in [6, 6.07) is 0. The second-order valence-corrected chi connectivity index (χ2v) is 12.6. The molecule has 0 rings (SSSR count). The van der Waals surface area contributed by atoms with Crippen molar-refractivity contribution in [2.75, 3.05) is 0 Å². The second-order valence-electron chi connectivity index (χ2n) is 2.98. The van der Waals surface area contributed by atoms with Gasteiger partial charge in [0.05, 0.1) is 0 Å². The molecule has 0 aromatic rings. The number of hydrogen-bond acceptors (Lipinski definition) is 0. The van der Waals surface area contributed by atoms with Crippen LogP contribution in [-0.4, -0.2) is 13.4 Å². The van der Waals surface area contributed by atoms with Crippen LogP contribution >= 0.6 is 10.0 Å². The van der Waals surface area contributed by atoms with Gasteiger partial charge in [0.2, 0.25) is 0 Å². The summed E-state index contributed by atoms with van der Waals surface area (Å²) in [7, 11) is 5.94. The van der Waals surface area contributed by atoms with Crippen LogP contribution in [0.2, 0.25) is 10.0 Å². The zero-order valence-electron chi connectivity index (χ0n) is 5.46. The molecular weight excluding hydrogens is 168 g/mol. The van der Waals surface area contributed by atoms with E-state index < -0.39 is 13.4 Å². The molecule has 0 fully saturated rings. The topological polar surface area (TPSA) is 0 Å². The van der Waals surface area contributed by atoms with Crippen molar-refractivity contribution >= 4 is 23.4 Å². The fourth-order valence-electron chi connectivity index (χ4n) is 0. The average Bonchev–Trinajstić information content (AvgIpc) is 1.31. The van der Waals surface area contributed by atoms with Crippen LogP contribution in [0.3, 0.4) is 0 Å². The van der Waals surface area contributed by atoms with Crippen LogP contribution in [0.1, 0.15) is 20.8 Å². The summed E-state index contributed by atoms with van der Waals surface area (Å²) in [5, 5.41) is 0. The molecule has 0 bridgehead atoms. The molecule has 0 amide bonds. The molecule has 0 aromatic carbocycles. The van der Waals surface area contributed by atoms with Crippen molar-refractivity contribution in [1.82, 2.24) is 0 Å². The second kappa shape index (κ2) is 2.40. The van der Waals surface area contributed by atoms with Crippen molar-refractivity contribution in [1.29, 1.82) is 0 Å². The zero-order chi connectivity index (χ0) is 6.08. The van der Waals surface area contributed by atoms with E-state index in [9.17, 15) is 0 Å². The Hall–Kier alpha value is 0.833. The third kappa shape index (κ3) is 3.42. The molecule has 0 aliphatic heterocycles. The predicted octanol–water partition coefficient (Wildman–Crippen LogP) is 2.38. The molecule has 0 saturated heterocycles. The molecule has 1 atom stereocenters. The van der Waals surface area contributed by atoms with Gasteiger partial charge < -0.3 is 0 Å². The minimum atomic E-state index is -1.29. The van der Waals surface area contributed by atoms with E-state index in [-0.39, 0.29) is 0 Å². The van der Waals surface area contributed by atoms with E-state index in [4.69, 9.17) is 10.0 Å². The summed E-state index contributed by atoms with van der Waals surface area (Å²) in [5.41, 5.74) is 0. The van der Waals surface area contributed by atoms with E-state index in [2.05, 4.69) is 26.5 Å². The molecule has 0 nitrogen and oxygen atoms in total. The summed E-state index contributed by atoms with van der Waals surface area (Å²) >= 11 is -1.29. The number of hydrogen-bond donors (Lipinski definition) is 0. The van der Waals surface area contributed by atoms with Gasteiger partial charge >= 0.3 is 54.2 Å². The molecule has 0 radical (unpaired) electrons. The third-order valence-corrected chi connectivity index (χ3v) is 9.60. The Morgan fingerprint density at radius 2 is 1.43 bits per heavy atom. The number of rotatable bonds is 0. The van der Waals surface area contributed by atoms with Gasteiger partial charge in [0.1, 0.15) is 0 Å². The van der Waals surface area contributed by atoms with Crippen molar-refractivity contribution in [3.63, 3.8) is 0 Å². The Bertz CT molecular complexity index is 53.6. The molecule has 0 saturated carbocycles. The van der Waals surface area contributed by atoms with E-state index in [1.807, 2.05) is 0 Å². The minimum absolute atomic E-state index is 0.453. The van der Waals surface area contributed by atoms with Gasteiger partial charge in [-0.15, -0.1) is 0 Å². The van der Waals surface area contributed by atoms with E-state index in [1.54, 1.807) is 0 Å². The third-order valence-electron chi connectivity index (χ3n) is 1.19. The summed E-state index contributed by atoms with van der Waals surface area (Å²) < 4.78 is 0.453. The molecule has 0 aliphatic carbocycles. The molecule has 0 spiro atoms. The molecule has 7 heavy (non-hydrogen) atoms. The molecule has 0 aromatic heterocycles. The van der Waals surface area contributed by atoms with E-state index >= 15 is 0 Å². The van der Waals surface area contributed by atoms with Crippen molar-refractivity contribution in [3.8, 4) is 0 Å². The zero-order valence-corrected chi connectivity index (χ0v) is 8.63. The molecule has 0 N–H and O–H groups in total. The van der Waals surface area contributed by atoms with Crippen LogP contribution in [0.5, 0.6) is 0 Å². The van der Waals surface area contributed by atoms with Gasteiger partial charge in [-0.25, -0.2) is 0 Å². The van der Waals surface area contributed by atoms with Gasteiger partial charge in [-0.3, -0.25) is 0 Å². The Kier molecular flexibility index (Phi) is 2.69. The first-order chi connectivity index (χ1) is 2.94. The SMILES string of the molecule is [CH3][GeH]([Cl])[C](C)(C)C. The Labute approximate surface area is 54.5 Å². The summed E-state index contributed by atoms with van der Waals surface area (Å²) in [6.07, 6.45) is 0. The van der Waals surface area contributed by atoms with Crippen LogP contribution in [0.25, 0.3) is 0 Å². The molecule has 2 heteroatoms. The first kappa shape index (κ1) is 7.83. The summed E-state index contributed by atoms with van der Waals surface area (Å²) in [5.74, 6) is 2.20. The maximum atomic E-state index is 5.94. The Morgan fingerprint density at radius 1 is 1.29 bits per heavy atom. The van der Waals surface area contributed by atoms with Crippen molar-refractivity contribution in [2.24, 2.45) is 0 Å². The van der Waals surface area contributed by atoms with Crippen LogP contribution in [0.15, 0.2) is 0 Å². The first-order valence-electron chi connectivity index (χ1n) is 2.58. The summed E-state index contributed by atoms with van der Waals surface area (Å²) in [4.78, 5) is 0. The van der Waals surface area contributed by atoms with Gasteiger partial charge in [0.15, 0.2) is 0 Å². The van der Waals surface area contributed by atoms with Crippen LogP contribution in [-0.2, 0) is 0 Å². The first-order valence-corrected chi connectivity index (χ1v) is 9.40. The average molecular weight is 181 g/mol. The normalized spacial score (nSPS) is 16.7. The molecule has 44 valence electrons.